The fourth-order valence-corrected chi connectivity index (χ4v) is 4.18. The molecule has 0 fully saturated rings. The van der Waals surface area contributed by atoms with Gasteiger partial charge in [0.05, 0.1) is 0 Å². The molecule has 8 aromatic carbocycles. The first kappa shape index (κ1) is 67.3. The van der Waals surface area contributed by atoms with Crippen LogP contribution in [-0.2, 0) is 6.54 Å². The van der Waals surface area contributed by atoms with Gasteiger partial charge in [-0.3, -0.25) is 0 Å². The molecule has 0 radical (unpaired) electrons. The van der Waals surface area contributed by atoms with Crippen LogP contribution in [0.3, 0.4) is 0 Å². The number of hydrogen-bond donors (Lipinski definition) is 4. The third kappa shape index (κ3) is 44.2. The van der Waals surface area contributed by atoms with Crippen molar-refractivity contribution >= 4 is 28.7 Å². The van der Waals surface area contributed by atoms with E-state index in [2.05, 4.69) is 122 Å². The number of aryl methyl sites for hydroxylation is 1. The van der Waals surface area contributed by atoms with E-state index in [0.29, 0.717) is 6.54 Å². The first-order chi connectivity index (χ1) is 31.5. The van der Waals surface area contributed by atoms with Gasteiger partial charge in [0.2, 0.25) is 0 Å². The molecule has 0 saturated heterocycles. The van der Waals surface area contributed by atoms with Gasteiger partial charge in [0, 0.05) is 13.0 Å². The molecule has 6 N–H and O–H groups in total. The topological polar surface area (TPSA) is 92.5 Å². The SMILES string of the molecule is CC.CC.CC.CC.CC.CC.Cc1ccccc1.NCB(O)O.NCc1ccccc1.c1ccc2ccccc2c1.c1ccc2ccccc2c1.c1ccccc1.c1ccccc1. The minimum atomic E-state index is -1.34. The molecule has 0 bridgehead atoms. The predicted molar refractivity (Wildman–Crippen MR) is 294 cm³/mol. The van der Waals surface area contributed by atoms with Crippen molar-refractivity contribution in [1.82, 2.24) is 0 Å². The molecule has 0 unspecified atom stereocenters. The van der Waals surface area contributed by atoms with Crippen LogP contribution in [0, 0.1) is 6.92 Å². The van der Waals surface area contributed by atoms with Gasteiger partial charge in [-0.1, -0.05) is 319 Å². The van der Waals surface area contributed by atoms with E-state index in [-0.39, 0.29) is 6.44 Å². The molecule has 8 aromatic rings. The summed E-state index contributed by atoms with van der Waals surface area (Å²) in [5.41, 5.74) is 12.5. The Labute approximate surface area is 393 Å². The van der Waals surface area contributed by atoms with Gasteiger partial charge in [0.15, 0.2) is 0 Å². The zero-order chi connectivity index (χ0) is 49.3. The Morgan fingerprint density at radius 2 is 0.453 bits per heavy atom. The maximum Gasteiger partial charge on any atom is 0.465 e. The lowest BCUT2D eigenvalue weighted by atomic mass is 9.94. The zero-order valence-electron chi connectivity index (χ0n) is 42.0. The standard InChI is InChI=1S/2C10H8.C7H9N.C7H8.2C6H6.6C2H6.CH6BNO2/c2*1-2-6-10-8-4-3-7-9(10)5-1;8-6-7-4-2-1-3-5-7;1-7-5-3-2-4-6-7;2*1-2-4-6-5-3-1;6*1-2;3-1-2(4)5/h2*1-8H;1-5H,6,8H2;2-6H,1H3;2*1-6H;6*1-2H3;4-5H,1,3H2. The minimum Gasteiger partial charge on any atom is -0.426 e. The lowest BCUT2D eigenvalue weighted by Gasteiger charge is -1.92. The van der Waals surface area contributed by atoms with Crippen LogP contribution in [0.5, 0.6) is 0 Å². The average Bonchev–Trinajstić information content (AvgIpc) is 3.42. The summed E-state index contributed by atoms with van der Waals surface area (Å²) in [5.74, 6) is 0. The number of nitrogens with two attached hydrogens (primary N) is 2. The van der Waals surface area contributed by atoms with Gasteiger partial charge in [-0.2, -0.15) is 0 Å². The van der Waals surface area contributed by atoms with Gasteiger partial charge in [-0.15, -0.1) is 0 Å². The van der Waals surface area contributed by atoms with Crippen molar-refractivity contribution < 1.29 is 10.0 Å². The van der Waals surface area contributed by atoms with Gasteiger partial charge in [-0.25, -0.2) is 0 Å². The van der Waals surface area contributed by atoms with Gasteiger partial charge in [-0.05, 0) is 34.0 Å². The predicted octanol–water partition coefficient (Wildman–Crippen LogP) is 16.3. The molecule has 64 heavy (non-hydrogen) atoms. The Kier molecular flexibility index (Phi) is 62.3. The van der Waals surface area contributed by atoms with Crippen molar-refractivity contribution in [2.75, 3.05) is 6.44 Å². The van der Waals surface area contributed by atoms with E-state index in [9.17, 15) is 0 Å². The molecule has 0 amide bonds. The van der Waals surface area contributed by atoms with Crippen molar-refractivity contribution in [3.63, 3.8) is 0 Å². The first-order valence-corrected chi connectivity index (χ1v) is 23.2. The molecule has 0 aliphatic carbocycles. The van der Waals surface area contributed by atoms with Crippen molar-refractivity contribution in [1.29, 1.82) is 0 Å². The molecule has 348 valence electrons. The summed E-state index contributed by atoms with van der Waals surface area (Å²) in [6.45, 7) is 26.7. The van der Waals surface area contributed by atoms with Crippen LogP contribution in [0.4, 0.5) is 0 Å². The Hall–Kier alpha value is -5.82. The smallest absolute Gasteiger partial charge is 0.426 e. The van der Waals surface area contributed by atoms with Crippen LogP contribution >= 0.6 is 0 Å². The van der Waals surface area contributed by atoms with Crippen molar-refractivity contribution in [2.45, 2.75) is 96.6 Å². The molecule has 4 nitrogen and oxygen atoms in total. The molecular formula is C59H87BN2O2. The minimum absolute atomic E-state index is 0.0833. The second-order valence-electron chi connectivity index (χ2n) is 11.1. The Bertz CT molecular complexity index is 1660. The van der Waals surface area contributed by atoms with E-state index < -0.39 is 7.12 Å². The molecule has 0 spiro atoms. The Morgan fingerprint density at radius 3 is 0.578 bits per heavy atom. The van der Waals surface area contributed by atoms with Gasteiger partial charge in [0.25, 0.3) is 0 Å². The molecular weight excluding hydrogens is 779 g/mol. The molecule has 0 aromatic heterocycles. The average molecular weight is 867 g/mol. The van der Waals surface area contributed by atoms with E-state index >= 15 is 0 Å². The highest BCUT2D eigenvalue weighted by Gasteiger charge is 1.97. The summed E-state index contributed by atoms with van der Waals surface area (Å²) in [7, 11) is -1.34. The monoisotopic (exact) mass is 867 g/mol. The number of fused-ring (bicyclic) bond motifs is 2. The number of rotatable bonds is 2. The number of hydrogen-bond acceptors (Lipinski definition) is 4. The van der Waals surface area contributed by atoms with Gasteiger partial charge < -0.3 is 21.5 Å². The summed E-state index contributed by atoms with van der Waals surface area (Å²) < 4.78 is 0. The second kappa shape index (κ2) is 59.3. The second-order valence-corrected chi connectivity index (χ2v) is 11.1. The quantitative estimate of drug-likeness (QED) is 0.130. The largest absolute Gasteiger partial charge is 0.465 e. The summed E-state index contributed by atoms with van der Waals surface area (Å²) >= 11 is 0. The fourth-order valence-electron chi connectivity index (χ4n) is 4.18. The summed E-state index contributed by atoms with van der Waals surface area (Å²) in [4.78, 5) is 0. The fraction of sp³-hybridized carbons (Fsp3) is 0.254. The van der Waals surface area contributed by atoms with E-state index in [1.807, 2.05) is 204 Å². The number of benzene rings is 8. The molecule has 0 saturated carbocycles. The third-order valence-electron chi connectivity index (χ3n) is 6.88. The van der Waals surface area contributed by atoms with Gasteiger partial charge in [0.1, 0.15) is 0 Å². The Morgan fingerprint density at radius 1 is 0.297 bits per heavy atom. The Balaban J connectivity index is -0.000000205. The molecule has 0 aliphatic rings. The lowest BCUT2D eigenvalue weighted by Crippen LogP contribution is -2.23. The molecule has 0 atom stereocenters. The van der Waals surface area contributed by atoms with Crippen LogP contribution < -0.4 is 11.5 Å². The highest BCUT2D eigenvalue weighted by Crippen LogP contribution is 2.12. The normalized spacial score (nSPS) is 7.89. The molecule has 8 rings (SSSR count). The highest BCUT2D eigenvalue weighted by molar-refractivity contribution is 6.41. The van der Waals surface area contributed by atoms with E-state index in [1.54, 1.807) is 0 Å². The van der Waals surface area contributed by atoms with Crippen LogP contribution in [-0.4, -0.2) is 23.6 Å². The molecule has 5 heteroatoms. The van der Waals surface area contributed by atoms with E-state index in [4.69, 9.17) is 15.8 Å². The molecule has 0 heterocycles. The highest BCUT2D eigenvalue weighted by atomic mass is 16.4. The van der Waals surface area contributed by atoms with Crippen LogP contribution in [0.15, 0.2) is 231 Å². The molecule has 0 aliphatic heterocycles. The first-order valence-electron chi connectivity index (χ1n) is 23.2. The van der Waals surface area contributed by atoms with Crippen molar-refractivity contribution in [3.05, 3.63) is 242 Å². The van der Waals surface area contributed by atoms with E-state index in [0.717, 1.165) is 0 Å². The summed E-state index contributed by atoms with van der Waals surface area (Å²) in [6.07, 6.45) is -0.0833. The van der Waals surface area contributed by atoms with Crippen LogP contribution in [0.25, 0.3) is 21.5 Å². The third-order valence-corrected chi connectivity index (χ3v) is 6.88. The van der Waals surface area contributed by atoms with E-state index in [1.165, 1.54) is 32.7 Å². The van der Waals surface area contributed by atoms with Crippen molar-refractivity contribution in [2.24, 2.45) is 11.5 Å². The van der Waals surface area contributed by atoms with Crippen LogP contribution in [0.2, 0.25) is 0 Å². The zero-order valence-corrected chi connectivity index (χ0v) is 42.0. The van der Waals surface area contributed by atoms with Crippen molar-refractivity contribution in [3.8, 4) is 0 Å². The summed E-state index contributed by atoms with van der Waals surface area (Å²) in [5, 5.41) is 20.8. The lowest BCUT2D eigenvalue weighted by molar-refractivity contribution is 0.408. The van der Waals surface area contributed by atoms with Crippen LogP contribution in [0.1, 0.15) is 94.2 Å². The van der Waals surface area contributed by atoms with Gasteiger partial charge >= 0.3 is 7.12 Å². The summed E-state index contributed by atoms with van der Waals surface area (Å²) in [6, 6.07) is 77.7. The maximum absolute atomic E-state index is 7.79. The maximum atomic E-state index is 7.79.